The molecule has 2 aromatic rings. The van der Waals surface area contributed by atoms with E-state index in [0.717, 1.165) is 22.2 Å². The van der Waals surface area contributed by atoms with E-state index >= 15 is 0 Å². The summed E-state index contributed by atoms with van der Waals surface area (Å²) in [6.45, 7) is 2.27. The number of ether oxygens (including phenoxy) is 1. The first kappa shape index (κ1) is 13.3. The Labute approximate surface area is 120 Å². The minimum atomic E-state index is 0.362. The van der Waals surface area contributed by atoms with Gasteiger partial charge in [0.2, 0.25) is 0 Å². The Kier molecular flexibility index (Phi) is 3.81. The van der Waals surface area contributed by atoms with Gasteiger partial charge in [0, 0.05) is 16.5 Å². The lowest BCUT2D eigenvalue weighted by Gasteiger charge is -2.31. The molecule has 0 bridgehead atoms. The van der Waals surface area contributed by atoms with Crippen molar-refractivity contribution >= 4 is 16.5 Å². The van der Waals surface area contributed by atoms with E-state index in [1.54, 1.807) is 0 Å². The fraction of sp³-hybridized carbons (Fsp3) is 0.444. The average molecular weight is 269 g/mol. The van der Waals surface area contributed by atoms with E-state index in [0.29, 0.717) is 12.0 Å². The van der Waals surface area contributed by atoms with Crippen LogP contribution >= 0.6 is 0 Å². The quantitative estimate of drug-likeness (QED) is 0.815. The molecule has 0 amide bonds. The predicted octanol–water partition coefficient (Wildman–Crippen LogP) is 4.77. The fourth-order valence-corrected chi connectivity index (χ4v) is 3.36. The van der Waals surface area contributed by atoms with E-state index in [1.165, 1.54) is 32.1 Å². The van der Waals surface area contributed by atoms with Gasteiger partial charge in [-0.3, -0.25) is 0 Å². The zero-order valence-electron chi connectivity index (χ0n) is 12.1. The monoisotopic (exact) mass is 269 g/mol. The first-order chi connectivity index (χ1) is 9.79. The number of anilines is 1. The van der Waals surface area contributed by atoms with Gasteiger partial charge in [0.15, 0.2) is 0 Å². The Hall–Kier alpha value is -1.70. The van der Waals surface area contributed by atoms with E-state index < -0.39 is 0 Å². The third-order valence-corrected chi connectivity index (χ3v) is 4.56. The highest BCUT2D eigenvalue weighted by Crippen LogP contribution is 2.35. The highest BCUT2D eigenvalue weighted by Gasteiger charge is 2.25. The maximum atomic E-state index is 6.37. The third-order valence-electron chi connectivity index (χ3n) is 4.56. The smallest absolute Gasteiger partial charge is 0.127 e. The van der Waals surface area contributed by atoms with Crippen LogP contribution in [0.5, 0.6) is 5.75 Å². The molecule has 2 atom stereocenters. The molecule has 0 heterocycles. The van der Waals surface area contributed by atoms with Crippen molar-refractivity contribution in [1.29, 1.82) is 0 Å². The molecule has 106 valence electrons. The van der Waals surface area contributed by atoms with Crippen LogP contribution < -0.4 is 10.5 Å². The first-order valence-electron chi connectivity index (χ1n) is 7.73. The fourth-order valence-electron chi connectivity index (χ4n) is 3.36. The van der Waals surface area contributed by atoms with Crippen LogP contribution in [0.25, 0.3) is 10.8 Å². The lowest BCUT2D eigenvalue weighted by Crippen LogP contribution is -2.29. The second kappa shape index (κ2) is 5.74. The Morgan fingerprint density at radius 1 is 1.05 bits per heavy atom. The Morgan fingerprint density at radius 2 is 1.80 bits per heavy atom. The van der Waals surface area contributed by atoms with Gasteiger partial charge in [-0.05, 0) is 43.7 Å². The normalized spacial score (nSPS) is 22.9. The molecule has 3 rings (SSSR count). The molecule has 2 unspecified atom stereocenters. The van der Waals surface area contributed by atoms with Gasteiger partial charge in [-0.25, -0.2) is 0 Å². The molecule has 0 radical (unpaired) electrons. The molecule has 0 aromatic heterocycles. The summed E-state index contributed by atoms with van der Waals surface area (Å²) in [5.41, 5.74) is 6.88. The van der Waals surface area contributed by atoms with Crippen LogP contribution in [0.1, 0.15) is 39.0 Å². The van der Waals surface area contributed by atoms with Crippen LogP contribution in [0.2, 0.25) is 0 Å². The lowest BCUT2D eigenvalue weighted by atomic mass is 9.84. The summed E-state index contributed by atoms with van der Waals surface area (Å²) in [4.78, 5) is 0. The van der Waals surface area contributed by atoms with E-state index in [1.807, 2.05) is 24.3 Å². The maximum absolute atomic E-state index is 6.37. The summed E-state index contributed by atoms with van der Waals surface area (Å²) < 4.78 is 6.37. The maximum Gasteiger partial charge on any atom is 0.127 e. The van der Waals surface area contributed by atoms with Crippen molar-refractivity contribution in [2.45, 2.75) is 45.1 Å². The Bertz CT molecular complexity index is 593. The molecule has 1 aliphatic rings. The highest BCUT2D eigenvalue weighted by molar-refractivity contribution is 5.96. The van der Waals surface area contributed by atoms with Gasteiger partial charge in [-0.1, -0.05) is 37.6 Å². The first-order valence-corrected chi connectivity index (χ1v) is 7.73. The highest BCUT2D eigenvalue weighted by atomic mass is 16.5. The molecule has 0 saturated heterocycles. The van der Waals surface area contributed by atoms with Crippen molar-refractivity contribution in [3.05, 3.63) is 36.4 Å². The Morgan fingerprint density at radius 3 is 2.60 bits per heavy atom. The lowest BCUT2D eigenvalue weighted by molar-refractivity contribution is 0.0919. The molecule has 0 spiro atoms. The van der Waals surface area contributed by atoms with Crippen molar-refractivity contribution in [2.24, 2.45) is 5.92 Å². The van der Waals surface area contributed by atoms with Crippen molar-refractivity contribution in [3.63, 3.8) is 0 Å². The van der Waals surface area contributed by atoms with Crippen molar-refractivity contribution < 1.29 is 4.74 Å². The molecule has 2 N–H and O–H groups in total. The molecule has 20 heavy (non-hydrogen) atoms. The van der Waals surface area contributed by atoms with Crippen LogP contribution in [0.3, 0.4) is 0 Å². The third kappa shape index (κ3) is 2.47. The van der Waals surface area contributed by atoms with Crippen LogP contribution in [0.4, 0.5) is 5.69 Å². The van der Waals surface area contributed by atoms with Crippen LogP contribution in [-0.2, 0) is 0 Å². The molecular formula is C18H23NO. The molecule has 1 saturated carbocycles. The predicted molar refractivity (Wildman–Crippen MR) is 85.0 cm³/mol. The van der Waals surface area contributed by atoms with E-state index in [9.17, 15) is 0 Å². The van der Waals surface area contributed by atoms with Gasteiger partial charge < -0.3 is 10.5 Å². The number of benzene rings is 2. The van der Waals surface area contributed by atoms with Crippen molar-refractivity contribution in [3.8, 4) is 5.75 Å². The zero-order chi connectivity index (χ0) is 13.9. The van der Waals surface area contributed by atoms with Crippen molar-refractivity contribution in [1.82, 2.24) is 0 Å². The van der Waals surface area contributed by atoms with Crippen LogP contribution in [0, 0.1) is 5.92 Å². The topological polar surface area (TPSA) is 35.2 Å². The van der Waals surface area contributed by atoms with Crippen molar-refractivity contribution in [2.75, 3.05) is 5.73 Å². The molecule has 2 nitrogen and oxygen atoms in total. The van der Waals surface area contributed by atoms with Crippen LogP contribution in [-0.4, -0.2) is 6.10 Å². The second-order valence-electron chi connectivity index (χ2n) is 5.81. The van der Waals surface area contributed by atoms with Crippen LogP contribution in [0.15, 0.2) is 36.4 Å². The Balaban J connectivity index is 1.92. The number of hydrogen-bond acceptors (Lipinski definition) is 2. The second-order valence-corrected chi connectivity index (χ2v) is 5.81. The summed E-state index contributed by atoms with van der Waals surface area (Å²) in [6, 6.07) is 12.2. The van der Waals surface area contributed by atoms with E-state index in [-0.39, 0.29) is 0 Å². The number of nitrogens with two attached hydrogens (primary N) is 1. The average Bonchev–Trinajstić information content (AvgIpc) is 2.51. The van der Waals surface area contributed by atoms with E-state index in [2.05, 4.69) is 19.1 Å². The number of fused-ring (bicyclic) bond motifs is 1. The van der Waals surface area contributed by atoms with Gasteiger partial charge in [0.05, 0.1) is 0 Å². The number of hydrogen-bond donors (Lipinski definition) is 1. The number of nitrogen functional groups attached to an aromatic ring is 1. The minimum Gasteiger partial charge on any atom is -0.489 e. The van der Waals surface area contributed by atoms with E-state index in [4.69, 9.17) is 10.5 Å². The summed E-state index contributed by atoms with van der Waals surface area (Å²) in [6.07, 6.45) is 6.68. The van der Waals surface area contributed by atoms with Gasteiger partial charge in [-0.15, -0.1) is 0 Å². The molecule has 2 heteroatoms. The zero-order valence-corrected chi connectivity index (χ0v) is 12.1. The summed E-state index contributed by atoms with van der Waals surface area (Å²) in [5, 5.41) is 2.22. The van der Waals surface area contributed by atoms with Gasteiger partial charge in [0.25, 0.3) is 0 Å². The van der Waals surface area contributed by atoms with Gasteiger partial charge in [0.1, 0.15) is 11.9 Å². The molecule has 1 aliphatic carbocycles. The van der Waals surface area contributed by atoms with Gasteiger partial charge in [-0.2, -0.15) is 0 Å². The summed E-state index contributed by atoms with van der Waals surface area (Å²) in [5.74, 6) is 1.68. The molecule has 2 aromatic carbocycles. The number of rotatable bonds is 3. The molecule has 0 aliphatic heterocycles. The summed E-state index contributed by atoms with van der Waals surface area (Å²) in [7, 11) is 0. The standard InChI is InChI=1S/C18H23NO/c1-2-13-7-3-6-10-17(13)20-18-12-11-16(19)14-8-4-5-9-15(14)18/h4-5,8-9,11-13,17H,2-3,6-7,10,19H2,1H3. The summed E-state index contributed by atoms with van der Waals surface area (Å²) >= 11 is 0. The minimum absolute atomic E-state index is 0.362. The largest absolute Gasteiger partial charge is 0.489 e. The molecule has 1 fully saturated rings. The SMILES string of the molecule is CCC1CCCCC1Oc1ccc(N)c2ccccc12. The van der Waals surface area contributed by atoms with Gasteiger partial charge >= 0.3 is 0 Å². The molecular weight excluding hydrogens is 246 g/mol.